The highest BCUT2D eigenvalue weighted by molar-refractivity contribution is 7.80. The van der Waals surface area contributed by atoms with Crippen LogP contribution in [0.1, 0.15) is 67.1 Å². The van der Waals surface area contributed by atoms with Crippen LogP contribution in [0, 0.1) is 0 Å². The van der Waals surface area contributed by atoms with Crippen LogP contribution < -0.4 is 20.7 Å². The summed E-state index contributed by atoms with van der Waals surface area (Å²) < 4.78 is 17.3. The lowest BCUT2D eigenvalue weighted by molar-refractivity contribution is 0.0224. The van der Waals surface area contributed by atoms with Crippen LogP contribution in [0.5, 0.6) is 23.0 Å². The van der Waals surface area contributed by atoms with Gasteiger partial charge in [0.1, 0.15) is 28.6 Å². The maximum absolute atomic E-state index is 13.3. The van der Waals surface area contributed by atoms with E-state index < -0.39 is 23.3 Å². The summed E-state index contributed by atoms with van der Waals surface area (Å²) in [4.78, 5) is 25.0. The van der Waals surface area contributed by atoms with E-state index in [0.717, 1.165) is 19.3 Å². The molecule has 0 unspecified atom stereocenters. The van der Waals surface area contributed by atoms with Crippen LogP contribution in [0.3, 0.4) is 0 Å². The first-order valence-corrected chi connectivity index (χ1v) is 14.1. The minimum atomic E-state index is -1.31. The second-order valence-electron chi connectivity index (χ2n) is 11.2. The van der Waals surface area contributed by atoms with E-state index in [4.69, 9.17) is 26.4 Å². The van der Waals surface area contributed by atoms with Gasteiger partial charge in [-0.1, -0.05) is 6.07 Å². The van der Waals surface area contributed by atoms with Gasteiger partial charge in [-0.15, -0.1) is 0 Å². The molecule has 220 valence electrons. The van der Waals surface area contributed by atoms with Gasteiger partial charge in [0.05, 0.1) is 5.56 Å². The molecule has 5 rings (SSSR count). The van der Waals surface area contributed by atoms with Gasteiger partial charge in [-0.2, -0.15) is 0 Å². The number of hydrogen-bond acceptors (Lipinski definition) is 8. The molecular weight excluding hydrogens is 558 g/mol. The fraction of sp³-hybridized carbons (Fsp3) is 0.323. The molecule has 0 fully saturated rings. The van der Waals surface area contributed by atoms with Gasteiger partial charge < -0.3 is 40.4 Å². The number of aromatic hydroxyl groups is 2. The first-order valence-electron chi connectivity index (χ1n) is 13.7. The minimum Gasteiger partial charge on any atom is -0.508 e. The maximum Gasteiger partial charge on any atom is 0.407 e. The molecule has 3 aromatic carbocycles. The number of amides is 1. The normalized spacial score (nSPS) is 14.1. The van der Waals surface area contributed by atoms with Gasteiger partial charge in [-0.25, -0.2) is 9.59 Å². The molecule has 2 heterocycles. The number of anilines is 1. The van der Waals surface area contributed by atoms with Crippen molar-refractivity contribution >= 4 is 35.1 Å². The first kappa shape index (κ1) is 29.0. The van der Waals surface area contributed by atoms with Crippen molar-refractivity contribution in [2.75, 3.05) is 18.4 Å². The molecule has 0 atom stereocenters. The third-order valence-electron chi connectivity index (χ3n) is 6.84. The first-order chi connectivity index (χ1) is 20.0. The van der Waals surface area contributed by atoms with Gasteiger partial charge in [0, 0.05) is 47.6 Å². The van der Waals surface area contributed by atoms with E-state index in [9.17, 15) is 19.8 Å². The van der Waals surface area contributed by atoms with E-state index in [0.29, 0.717) is 57.6 Å². The number of rotatable bonds is 7. The van der Waals surface area contributed by atoms with Crippen molar-refractivity contribution in [1.82, 2.24) is 10.6 Å². The lowest BCUT2D eigenvalue weighted by atomic mass is 9.77. The summed E-state index contributed by atoms with van der Waals surface area (Å²) in [6.45, 7) is 6.65. The van der Waals surface area contributed by atoms with E-state index in [2.05, 4.69) is 16.0 Å². The lowest BCUT2D eigenvalue weighted by Gasteiger charge is -2.36. The number of fused-ring (bicyclic) bond motifs is 6. The molecule has 2 aliphatic rings. The Morgan fingerprint density at radius 3 is 2.10 bits per heavy atom. The minimum absolute atomic E-state index is 0.00456. The average molecular weight is 592 g/mol. The Hall–Kier alpha value is -4.51. The Bertz CT molecular complexity index is 1500. The highest BCUT2D eigenvalue weighted by Gasteiger charge is 2.53. The zero-order chi connectivity index (χ0) is 30.1. The van der Waals surface area contributed by atoms with Crippen LogP contribution in [0.2, 0.25) is 0 Å². The zero-order valence-corrected chi connectivity index (χ0v) is 24.4. The Morgan fingerprint density at radius 1 is 0.881 bits per heavy atom. The van der Waals surface area contributed by atoms with Crippen molar-refractivity contribution in [1.29, 1.82) is 0 Å². The molecule has 0 aromatic heterocycles. The number of nitrogens with one attached hydrogen (secondary N) is 3. The molecule has 5 N–H and O–H groups in total. The smallest absolute Gasteiger partial charge is 0.407 e. The molecule has 0 saturated heterocycles. The summed E-state index contributed by atoms with van der Waals surface area (Å²) in [5.74, 6) is 0.113. The second-order valence-corrected chi connectivity index (χ2v) is 11.6. The number of thiocarbonyl (C=S) groups is 1. The fourth-order valence-electron chi connectivity index (χ4n) is 5.09. The summed E-state index contributed by atoms with van der Waals surface area (Å²) in [7, 11) is 0. The molecule has 1 amide bonds. The number of phenolic OH excluding ortho intramolecular Hbond substituents is 2. The number of alkyl carbamates (subject to hydrolysis) is 1. The van der Waals surface area contributed by atoms with Crippen LogP contribution in [0.4, 0.5) is 10.5 Å². The Balaban J connectivity index is 1.23. The number of benzene rings is 3. The van der Waals surface area contributed by atoms with Crippen molar-refractivity contribution in [3.63, 3.8) is 0 Å². The number of hydrogen-bond donors (Lipinski definition) is 5. The van der Waals surface area contributed by atoms with Crippen molar-refractivity contribution in [3.8, 4) is 23.0 Å². The van der Waals surface area contributed by atoms with Crippen molar-refractivity contribution in [2.24, 2.45) is 0 Å². The average Bonchev–Trinajstić information content (AvgIpc) is 3.18. The van der Waals surface area contributed by atoms with Crippen LogP contribution in [0.25, 0.3) is 0 Å². The highest BCUT2D eigenvalue weighted by atomic mass is 32.1. The fourth-order valence-corrected chi connectivity index (χ4v) is 5.31. The number of ether oxygens (including phenoxy) is 3. The van der Waals surface area contributed by atoms with Gasteiger partial charge in [0.25, 0.3) is 0 Å². The van der Waals surface area contributed by atoms with Crippen molar-refractivity contribution < 1.29 is 34.0 Å². The molecule has 0 radical (unpaired) electrons. The number of carbonyl (C=O) groups excluding carboxylic acids is 2. The van der Waals surface area contributed by atoms with Gasteiger partial charge in [-0.3, -0.25) is 0 Å². The number of esters is 1. The number of unbranched alkanes of at least 4 members (excludes halogenated alkanes) is 2. The monoisotopic (exact) mass is 591 g/mol. The third kappa shape index (κ3) is 5.91. The van der Waals surface area contributed by atoms with Crippen molar-refractivity contribution in [3.05, 3.63) is 76.9 Å². The summed E-state index contributed by atoms with van der Waals surface area (Å²) in [6.07, 6.45) is 2.13. The highest BCUT2D eigenvalue weighted by Crippen LogP contribution is 2.57. The molecule has 0 aliphatic carbocycles. The molecule has 42 heavy (non-hydrogen) atoms. The quantitative estimate of drug-likeness (QED) is 0.133. The van der Waals surface area contributed by atoms with E-state index in [1.165, 1.54) is 24.3 Å². The number of phenols is 2. The Kier molecular flexibility index (Phi) is 7.87. The molecule has 3 aromatic rings. The Morgan fingerprint density at radius 2 is 1.48 bits per heavy atom. The van der Waals surface area contributed by atoms with Gasteiger partial charge in [-0.05, 0) is 88.6 Å². The maximum atomic E-state index is 13.3. The van der Waals surface area contributed by atoms with E-state index in [1.807, 2.05) is 26.8 Å². The SMILES string of the molecule is CC(C)(C)OC(=O)NCCCCCNC(=S)Nc1ccc2c(c1)C(=O)OC21c2ccc(O)cc2Oc2cc(O)ccc21. The predicted molar refractivity (Wildman–Crippen MR) is 160 cm³/mol. The van der Waals surface area contributed by atoms with Gasteiger partial charge >= 0.3 is 12.1 Å². The van der Waals surface area contributed by atoms with Gasteiger partial charge in [0.2, 0.25) is 0 Å². The molecule has 0 saturated carbocycles. The lowest BCUT2D eigenvalue weighted by Crippen LogP contribution is -2.33. The van der Waals surface area contributed by atoms with Crippen LogP contribution >= 0.6 is 12.2 Å². The molecule has 0 bridgehead atoms. The second kappa shape index (κ2) is 11.4. The standard InChI is InChI=1S/C31H33N3O7S/c1-30(2,3)41-29(38)33-14-6-4-5-13-32-28(42)34-18-7-10-22-21(15-18)27(37)40-31(22)23-11-8-19(35)16-25(23)39-26-17-20(36)9-12-24(26)31/h7-12,15-17,35-36H,4-6,13-14H2,1-3H3,(H,33,38)(H2,32,34,42). The predicted octanol–water partition coefficient (Wildman–Crippen LogP) is 5.65. The zero-order valence-electron chi connectivity index (χ0n) is 23.6. The number of carbonyl (C=O) groups is 2. The summed E-state index contributed by atoms with van der Waals surface area (Å²) in [5.41, 5.74) is 0.876. The van der Waals surface area contributed by atoms with Crippen LogP contribution in [0.15, 0.2) is 54.6 Å². The third-order valence-corrected chi connectivity index (χ3v) is 7.09. The van der Waals surface area contributed by atoms with Crippen LogP contribution in [-0.4, -0.2) is 46.1 Å². The molecule has 11 heteroatoms. The summed E-state index contributed by atoms with van der Waals surface area (Å²) >= 11 is 5.45. The summed E-state index contributed by atoms with van der Waals surface area (Å²) in [5, 5.41) is 29.6. The Labute approximate surface area is 249 Å². The molecule has 10 nitrogen and oxygen atoms in total. The van der Waals surface area contributed by atoms with Crippen LogP contribution in [-0.2, 0) is 15.1 Å². The molecular formula is C31H33N3O7S. The van der Waals surface area contributed by atoms with Crippen molar-refractivity contribution in [2.45, 2.75) is 51.2 Å². The molecule has 1 spiro atoms. The topological polar surface area (TPSA) is 138 Å². The van der Waals surface area contributed by atoms with E-state index >= 15 is 0 Å². The largest absolute Gasteiger partial charge is 0.508 e. The van der Waals surface area contributed by atoms with E-state index in [-0.39, 0.29) is 11.5 Å². The van der Waals surface area contributed by atoms with Gasteiger partial charge in [0.15, 0.2) is 10.7 Å². The van der Waals surface area contributed by atoms with E-state index in [1.54, 1.807) is 24.3 Å². The molecule has 2 aliphatic heterocycles. The summed E-state index contributed by atoms with van der Waals surface area (Å²) in [6, 6.07) is 14.6.